The van der Waals surface area contributed by atoms with E-state index in [2.05, 4.69) is 15.5 Å². The molecule has 1 aromatic carbocycles. The molecule has 2 rings (SSSR count). The second-order valence-corrected chi connectivity index (χ2v) is 3.60. The van der Waals surface area contributed by atoms with Crippen molar-refractivity contribution >= 4 is 23.1 Å². The number of rotatable bonds is 3. The highest BCUT2D eigenvalue weighted by molar-refractivity contribution is 6.29. The zero-order chi connectivity index (χ0) is 12.3. The minimum atomic E-state index is -0.366. The first kappa shape index (κ1) is 11.6. The third-order valence-corrected chi connectivity index (χ3v) is 2.26. The molecule has 0 atom stereocenters. The maximum Gasteiger partial charge on any atom is 0.153 e. The van der Waals surface area contributed by atoms with Crippen molar-refractivity contribution in [2.75, 3.05) is 12.4 Å². The van der Waals surface area contributed by atoms with E-state index in [1.165, 1.54) is 19.2 Å². The maximum absolute atomic E-state index is 13.0. The van der Waals surface area contributed by atoms with Crippen LogP contribution in [0, 0.1) is 5.82 Å². The van der Waals surface area contributed by atoms with Gasteiger partial charge >= 0.3 is 0 Å². The Morgan fingerprint density at radius 3 is 2.71 bits per heavy atom. The van der Waals surface area contributed by atoms with E-state index in [-0.39, 0.29) is 5.82 Å². The third-order valence-electron chi connectivity index (χ3n) is 2.06. The normalized spacial score (nSPS) is 10.1. The molecule has 0 amide bonds. The first-order valence-corrected chi connectivity index (χ1v) is 5.16. The molecule has 0 aliphatic carbocycles. The van der Waals surface area contributed by atoms with Crippen LogP contribution in [0.2, 0.25) is 5.15 Å². The molecule has 0 radical (unpaired) electrons. The van der Waals surface area contributed by atoms with Crippen LogP contribution in [0.4, 0.5) is 15.9 Å². The summed E-state index contributed by atoms with van der Waals surface area (Å²) < 4.78 is 18.0. The van der Waals surface area contributed by atoms with Gasteiger partial charge in [0.15, 0.2) is 11.0 Å². The number of hydrogen-bond donors (Lipinski definition) is 1. The summed E-state index contributed by atoms with van der Waals surface area (Å²) in [5.41, 5.74) is 0.602. The quantitative estimate of drug-likeness (QED) is 0.913. The lowest BCUT2D eigenvalue weighted by atomic mass is 10.3. The number of hydrogen-bond acceptors (Lipinski definition) is 4. The zero-order valence-corrected chi connectivity index (χ0v) is 9.70. The van der Waals surface area contributed by atoms with Gasteiger partial charge < -0.3 is 10.1 Å². The number of methoxy groups -OCH3 is 1. The van der Waals surface area contributed by atoms with Crippen molar-refractivity contribution in [3.8, 4) is 5.75 Å². The Hall–Kier alpha value is -1.88. The Bertz CT molecular complexity index is 519. The van der Waals surface area contributed by atoms with E-state index >= 15 is 0 Å². The highest BCUT2D eigenvalue weighted by Crippen LogP contribution is 2.27. The van der Waals surface area contributed by atoms with E-state index < -0.39 is 0 Å². The molecular formula is C11H9ClFN3O. The Labute approximate surface area is 102 Å². The van der Waals surface area contributed by atoms with E-state index in [1.54, 1.807) is 18.2 Å². The van der Waals surface area contributed by atoms with Crippen molar-refractivity contribution in [3.05, 3.63) is 41.3 Å². The predicted molar refractivity (Wildman–Crippen MR) is 63.3 cm³/mol. The number of halogens is 2. The van der Waals surface area contributed by atoms with Gasteiger partial charge in [-0.05, 0) is 24.3 Å². The summed E-state index contributed by atoms with van der Waals surface area (Å²) in [6.07, 6.45) is 0. The second-order valence-electron chi connectivity index (χ2n) is 3.21. The summed E-state index contributed by atoms with van der Waals surface area (Å²) in [5, 5.41) is 10.8. The Morgan fingerprint density at radius 1 is 1.24 bits per heavy atom. The van der Waals surface area contributed by atoms with Crippen LogP contribution in [0.15, 0.2) is 30.3 Å². The number of benzene rings is 1. The molecule has 0 aliphatic rings. The number of nitrogens with one attached hydrogen (secondary N) is 1. The number of anilines is 2. The highest BCUT2D eigenvalue weighted by Gasteiger charge is 2.05. The molecule has 0 saturated heterocycles. The molecule has 6 heteroatoms. The molecule has 0 unspecified atom stereocenters. The second kappa shape index (κ2) is 4.97. The van der Waals surface area contributed by atoms with E-state index in [1.807, 2.05) is 0 Å². The van der Waals surface area contributed by atoms with E-state index in [4.69, 9.17) is 16.3 Å². The summed E-state index contributed by atoms with van der Waals surface area (Å²) >= 11 is 5.62. The lowest BCUT2D eigenvalue weighted by Gasteiger charge is -2.09. The largest absolute Gasteiger partial charge is 0.494 e. The molecular weight excluding hydrogens is 245 g/mol. The van der Waals surface area contributed by atoms with Crippen LogP contribution in [-0.2, 0) is 0 Å². The summed E-state index contributed by atoms with van der Waals surface area (Å²) in [6, 6.07) is 7.44. The zero-order valence-electron chi connectivity index (χ0n) is 8.95. The van der Waals surface area contributed by atoms with Crippen molar-refractivity contribution in [1.82, 2.24) is 10.2 Å². The molecule has 0 bridgehead atoms. The first-order chi connectivity index (χ1) is 8.19. The molecule has 0 spiro atoms. The van der Waals surface area contributed by atoms with Crippen LogP contribution < -0.4 is 10.1 Å². The molecule has 88 valence electrons. The molecule has 0 aliphatic heterocycles. The first-order valence-electron chi connectivity index (χ1n) is 4.79. The summed E-state index contributed by atoms with van der Waals surface area (Å²) in [4.78, 5) is 0. The molecule has 0 fully saturated rings. The van der Waals surface area contributed by atoms with Gasteiger partial charge in [0.2, 0.25) is 0 Å². The van der Waals surface area contributed by atoms with Crippen molar-refractivity contribution in [1.29, 1.82) is 0 Å². The van der Waals surface area contributed by atoms with Gasteiger partial charge in [0, 0.05) is 6.07 Å². The van der Waals surface area contributed by atoms with Gasteiger partial charge in [-0.3, -0.25) is 0 Å². The van der Waals surface area contributed by atoms with Gasteiger partial charge in [-0.1, -0.05) is 11.6 Å². The van der Waals surface area contributed by atoms with Crippen molar-refractivity contribution in [2.24, 2.45) is 0 Å². The number of aromatic nitrogens is 2. The van der Waals surface area contributed by atoms with Crippen molar-refractivity contribution in [2.45, 2.75) is 0 Å². The fourth-order valence-electron chi connectivity index (χ4n) is 1.29. The van der Waals surface area contributed by atoms with Crippen LogP contribution in [0.25, 0.3) is 0 Å². The lowest BCUT2D eigenvalue weighted by molar-refractivity contribution is 0.413. The monoisotopic (exact) mass is 253 g/mol. The summed E-state index contributed by atoms with van der Waals surface area (Å²) in [6.45, 7) is 0. The summed E-state index contributed by atoms with van der Waals surface area (Å²) in [5.74, 6) is 0.524. The van der Waals surface area contributed by atoms with Gasteiger partial charge in [-0.15, -0.1) is 10.2 Å². The van der Waals surface area contributed by atoms with Gasteiger partial charge in [0.25, 0.3) is 0 Å². The Balaban J connectivity index is 2.26. The molecule has 2 aromatic rings. The van der Waals surface area contributed by atoms with Gasteiger partial charge in [-0.2, -0.15) is 0 Å². The minimum absolute atomic E-state index is 0.307. The topological polar surface area (TPSA) is 47.0 Å². The number of ether oxygens (including phenoxy) is 1. The van der Waals surface area contributed by atoms with Crippen LogP contribution in [-0.4, -0.2) is 17.3 Å². The molecule has 1 aromatic heterocycles. The third kappa shape index (κ3) is 2.82. The standard InChI is InChI=1S/C11H9ClFN3O/c1-17-9-6-7(13)2-3-8(9)14-11-5-4-10(12)15-16-11/h2-6H,1H3,(H,14,16). The van der Waals surface area contributed by atoms with Crippen LogP contribution in [0.5, 0.6) is 5.75 Å². The van der Waals surface area contributed by atoms with E-state index in [9.17, 15) is 4.39 Å². The average Bonchev–Trinajstić information content (AvgIpc) is 2.34. The lowest BCUT2D eigenvalue weighted by Crippen LogP contribution is -1.98. The maximum atomic E-state index is 13.0. The van der Waals surface area contributed by atoms with Gasteiger partial charge in [-0.25, -0.2) is 4.39 Å². The fraction of sp³-hybridized carbons (Fsp3) is 0.0909. The van der Waals surface area contributed by atoms with Crippen LogP contribution in [0.3, 0.4) is 0 Å². The molecule has 4 nitrogen and oxygen atoms in total. The molecule has 1 heterocycles. The van der Waals surface area contributed by atoms with Crippen molar-refractivity contribution < 1.29 is 9.13 Å². The van der Waals surface area contributed by atoms with Crippen LogP contribution >= 0.6 is 11.6 Å². The number of nitrogens with zero attached hydrogens (tertiary/aromatic N) is 2. The van der Waals surface area contributed by atoms with Crippen LogP contribution in [0.1, 0.15) is 0 Å². The smallest absolute Gasteiger partial charge is 0.153 e. The predicted octanol–water partition coefficient (Wildman–Crippen LogP) is 3.02. The molecule has 0 saturated carbocycles. The van der Waals surface area contributed by atoms with E-state index in [0.717, 1.165) is 0 Å². The highest BCUT2D eigenvalue weighted by atomic mass is 35.5. The van der Waals surface area contributed by atoms with Gasteiger partial charge in [0.1, 0.15) is 11.6 Å². The SMILES string of the molecule is COc1cc(F)ccc1Nc1ccc(Cl)nn1. The Kier molecular flexibility index (Phi) is 3.39. The average molecular weight is 254 g/mol. The summed E-state index contributed by atoms with van der Waals surface area (Å²) in [7, 11) is 1.47. The van der Waals surface area contributed by atoms with Gasteiger partial charge in [0.05, 0.1) is 12.8 Å². The molecule has 1 N–H and O–H groups in total. The fourth-order valence-corrected chi connectivity index (χ4v) is 1.39. The van der Waals surface area contributed by atoms with Crippen molar-refractivity contribution in [3.63, 3.8) is 0 Å². The minimum Gasteiger partial charge on any atom is -0.494 e. The Morgan fingerprint density at radius 2 is 2.06 bits per heavy atom. The van der Waals surface area contributed by atoms with E-state index in [0.29, 0.717) is 22.4 Å². The molecule has 17 heavy (non-hydrogen) atoms.